The van der Waals surface area contributed by atoms with Gasteiger partial charge in [0, 0.05) is 43.1 Å². The first kappa shape index (κ1) is 23.0. The number of aromatic nitrogens is 4. The van der Waals surface area contributed by atoms with Crippen LogP contribution >= 0.6 is 0 Å². The summed E-state index contributed by atoms with van der Waals surface area (Å²) in [5.74, 6) is 3.33. The van der Waals surface area contributed by atoms with E-state index in [0.29, 0.717) is 31.3 Å². The highest BCUT2D eigenvalue weighted by Gasteiger charge is 2.29. The van der Waals surface area contributed by atoms with Gasteiger partial charge in [0.05, 0.1) is 31.5 Å². The van der Waals surface area contributed by atoms with Gasteiger partial charge >= 0.3 is 6.03 Å². The maximum absolute atomic E-state index is 11.6. The smallest absolute Gasteiger partial charge is 0.318 e. The van der Waals surface area contributed by atoms with E-state index in [2.05, 4.69) is 37.3 Å². The average molecular weight is 475 g/mol. The molecule has 0 spiro atoms. The maximum atomic E-state index is 11.6. The molecule has 0 bridgehead atoms. The first-order valence-electron chi connectivity index (χ1n) is 11.9. The van der Waals surface area contributed by atoms with Gasteiger partial charge in [-0.25, -0.2) is 24.7 Å². The fraction of sp³-hybridized carbons (Fsp3) is 0.400. The Balaban J connectivity index is 1.52. The number of carbonyl (C=O) groups excluding carboxylic acids is 1. The van der Waals surface area contributed by atoms with Gasteiger partial charge in [-0.3, -0.25) is 0 Å². The predicted octanol–water partition coefficient (Wildman–Crippen LogP) is 2.78. The summed E-state index contributed by atoms with van der Waals surface area (Å²) in [6.07, 6.45) is 2.64. The number of morpholine rings is 1. The van der Waals surface area contributed by atoms with Gasteiger partial charge in [0.2, 0.25) is 0 Å². The van der Waals surface area contributed by atoms with Crippen molar-refractivity contribution >= 4 is 23.4 Å². The van der Waals surface area contributed by atoms with Gasteiger partial charge in [-0.2, -0.15) is 0 Å². The van der Waals surface area contributed by atoms with E-state index in [4.69, 9.17) is 14.7 Å². The monoisotopic (exact) mass is 474 g/mol. The molecular weight excluding hydrogens is 444 g/mol. The number of carbonyl (C=O) groups is 1. The van der Waals surface area contributed by atoms with Crippen LogP contribution in [-0.2, 0) is 17.7 Å². The van der Waals surface area contributed by atoms with Crippen molar-refractivity contribution in [1.82, 2.24) is 25.3 Å². The van der Waals surface area contributed by atoms with Crippen molar-refractivity contribution in [1.29, 1.82) is 0 Å². The van der Waals surface area contributed by atoms with E-state index < -0.39 is 0 Å². The number of amides is 2. The molecule has 1 fully saturated rings. The third kappa shape index (κ3) is 4.88. The summed E-state index contributed by atoms with van der Waals surface area (Å²) in [4.78, 5) is 35.2. The molecule has 35 heavy (non-hydrogen) atoms. The Morgan fingerprint density at radius 3 is 2.69 bits per heavy atom. The number of nitrogens with zero attached hydrogens (tertiary/aromatic N) is 6. The highest BCUT2D eigenvalue weighted by atomic mass is 16.5. The fourth-order valence-corrected chi connectivity index (χ4v) is 4.53. The highest BCUT2D eigenvalue weighted by Crippen LogP contribution is 2.32. The number of nitrogens with one attached hydrogen (secondary N) is 2. The molecule has 182 valence electrons. The van der Waals surface area contributed by atoms with Crippen LogP contribution in [-0.4, -0.2) is 65.4 Å². The van der Waals surface area contributed by atoms with Crippen molar-refractivity contribution in [3.05, 3.63) is 53.6 Å². The molecule has 10 nitrogen and oxygen atoms in total. The molecule has 0 saturated carbocycles. The Morgan fingerprint density at radius 2 is 1.94 bits per heavy atom. The van der Waals surface area contributed by atoms with E-state index in [-0.39, 0.29) is 12.1 Å². The van der Waals surface area contributed by atoms with Crippen LogP contribution in [0.5, 0.6) is 0 Å². The van der Waals surface area contributed by atoms with Crippen molar-refractivity contribution in [3.8, 4) is 11.4 Å². The lowest BCUT2D eigenvalue weighted by Gasteiger charge is -2.38. The number of urea groups is 1. The van der Waals surface area contributed by atoms with Gasteiger partial charge in [-0.05, 0) is 50.6 Å². The number of hydrogen-bond acceptors (Lipinski definition) is 8. The molecular formula is C25H30N8O2. The lowest BCUT2D eigenvalue weighted by Crippen LogP contribution is -2.45. The number of anilines is 3. The number of ether oxygens (including phenoxy) is 1. The van der Waals surface area contributed by atoms with Crippen molar-refractivity contribution in [2.45, 2.75) is 32.9 Å². The van der Waals surface area contributed by atoms with Crippen molar-refractivity contribution < 1.29 is 9.53 Å². The topological polar surface area (TPSA) is 108 Å². The Kier molecular flexibility index (Phi) is 6.45. The summed E-state index contributed by atoms with van der Waals surface area (Å²) in [6.45, 7) is 7.74. The zero-order chi connectivity index (χ0) is 24.4. The second kappa shape index (κ2) is 9.83. The van der Waals surface area contributed by atoms with Crippen LogP contribution in [0.1, 0.15) is 24.0 Å². The maximum Gasteiger partial charge on any atom is 0.318 e. The summed E-state index contributed by atoms with van der Waals surface area (Å²) >= 11 is 0. The quantitative estimate of drug-likeness (QED) is 0.594. The standard InChI is InChI=1S/C25H30N8O2/c1-16-15-35-13-12-33(16)24-20-9-11-32(22-8-10-27-17(2)28-22)14-21(20)30-23(31-24)18-4-6-19(7-5-18)29-25(34)26-3/h4-8,10,16H,9,11-15H2,1-3H3,(H2,26,29,34)/t16-/m0/s1. The minimum atomic E-state index is -0.258. The molecule has 1 saturated heterocycles. The molecule has 5 rings (SSSR count). The van der Waals surface area contributed by atoms with Crippen LogP contribution in [0.4, 0.5) is 22.1 Å². The molecule has 4 heterocycles. The predicted molar refractivity (Wildman–Crippen MR) is 135 cm³/mol. The third-order valence-electron chi connectivity index (χ3n) is 6.40. The van der Waals surface area contributed by atoms with E-state index in [0.717, 1.165) is 48.2 Å². The summed E-state index contributed by atoms with van der Waals surface area (Å²) in [6, 6.07) is 9.52. The lowest BCUT2D eigenvalue weighted by molar-refractivity contribution is 0.0984. The first-order valence-corrected chi connectivity index (χ1v) is 11.9. The second-order valence-electron chi connectivity index (χ2n) is 8.83. The summed E-state index contributed by atoms with van der Waals surface area (Å²) in [5.41, 5.74) is 3.81. The van der Waals surface area contributed by atoms with E-state index in [1.165, 1.54) is 5.56 Å². The average Bonchev–Trinajstić information content (AvgIpc) is 2.88. The highest BCUT2D eigenvalue weighted by molar-refractivity contribution is 5.89. The zero-order valence-corrected chi connectivity index (χ0v) is 20.3. The van der Waals surface area contributed by atoms with Gasteiger partial charge in [0.25, 0.3) is 0 Å². The second-order valence-corrected chi connectivity index (χ2v) is 8.83. The first-order chi connectivity index (χ1) is 17.0. The van der Waals surface area contributed by atoms with E-state index >= 15 is 0 Å². The van der Waals surface area contributed by atoms with Crippen LogP contribution in [0, 0.1) is 6.92 Å². The molecule has 2 aliphatic heterocycles. The Labute approximate surface area is 204 Å². The molecule has 1 atom stereocenters. The zero-order valence-electron chi connectivity index (χ0n) is 20.3. The van der Waals surface area contributed by atoms with Gasteiger partial charge in [0.1, 0.15) is 17.5 Å². The Morgan fingerprint density at radius 1 is 1.11 bits per heavy atom. The van der Waals surface area contributed by atoms with Gasteiger partial charge in [0.15, 0.2) is 5.82 Å². The van der Waals surface area contributed by atoms with Crippen LogP contribution in [0.15, 0.2) is 36.5 Å². The SMILES string of the molecule is CNC(=O)Nc1ccc(-c2nc3c(c(N4CCOC[C@@H]4C)n2)CCN(c2ccnc(C)n2)C3)cc1. The summed E-state index contributed by atoms with van der Waals surface area (Å²) in [7, 11) is 1.59. The number of aryl methyl sites for hydroxylation is 1. The molecule has 2 N–H and O–H groups in total. The van der Waals surface area contributed by atoms with Crippen LogP contribution in [0.3, 0.4) is 0 Å². The van der Waals surface area contributed by atoms with Gasteiger partial charge in [-0.1, -0.05) is 0 Å². The molecule has 10 heteroatoms. The van der Waals surface area contributed by atoms with Gasteiger partial charge in [-0.15, -0.1) is 0 Å². The van der Waals surface area contributed by atoms with E-state index in [1.54, 1.807) is 13.2 Å². The van der Waals surface area contributed by atoms with E-state index in [1.807, 2.05) is 37.3 Å². The molecule has 2 aromatic heterocycles. The fourth-order valence-electron chi connectivity index (χ4n) is 4.53. The Bertz CT molecular complexity index is 1220. The molecule has 2 aliphatic rings. The van der Waals surface area contributed by atoms with Crippen molar-refractivity contribution in [3.63, 3.8) is 0 Å². The normalized spacial score (nSPS) is 17.6. The van der Waals surface area contributed by atoms with Crippen molar-refractivity contribution in [2.75, 3.05) is 48.5 Å². The number of fused-ring (bicyclic) bond motifs is 1. The minimum absolute atomic E-state index is 0.234. The largest absolute Gasteiger partial charge is 0.377 e. The number of benzene rings is 1. The molecule has 1 aromatic carbocycles. The molecule has 2 amide bonds. The van der Waals surface area contributed by atoms with Crippen LogP contribution < -0.4 is 20.4 Å². The van der Waals surface area contributed by atoms with E-state index in [9.17, 15) is 4.79 Å². The molecule has 3 aromatic rings. The number of hydrogen-bond donors (Lipinski definition) is 2. The van der Waals surface area contributed by atoms with Crippen LogP contribution in [0.2, 0.25) is 0 Å². The molecule has 0 unspecified atom stereocenters. The molecule has 0 aliphatic carbocycles. The summed E-state index contributed by atoms with van der Waals surface area (Å²) < 4.78 is 5.69. The van der Waals surface area contributed by atoms with Crippen molar-refractivity contribution in [2.24, 2.45) is 0 Å². The van der Waals surface area contributed by atoms with Crippen LogP contribution in [0.25, 0.3) is 11.4 Å². The molecule has 0 radical (unpaired) electrons. The third-order valence-corrected chi connectivity index (χ3v) is 6.40. The number of rotatable bonds is 4. The minimum Gasteiger partial charge on any atom is -0.377 e. The Hall–Kier alpha value is -3.79. The lowest BCUT2D eigenvalue weighted by atomic mass is 10.0. The summed E-state index contributed by atoms with van der Waals surface area (Å²) in [5, 5.41) is 5.34. The van der Waals surface area contributed by atoms with Gasteiger partial charge < -0.3 is 25.2 Å².